The molecule has 0 spiro atoms. The van der Waals surface area contributed by atoms with Crippen LogP contribution < -0.4 is 5.32 Å². The van der Waals surface area contributed by atoms with E-state index < -0.39 is 12.7 Å². The second-order valence-corrected chi connectivity index (χ2v) is 4.12. The van der Waals surface area contributed by atoms with E-state index in [1.165, 1.54) is 4.57 Å². The van der Waals surface area contributed by atoms with Crippen LogP contribution in [0.25, 0.3) is 10.9 Å². The average molecular weight is 266 g/mol. The van der Waals surface area contributed by atoms with Crippen molar-refractivity contribution < 1.29 is 13.2 Å². The van der Waals surface area contributed by atoms with E-state index in [2.05, 4.69) is 17.2 Å². The Hall–Kier alpha value is -1.93. The maximum atomic E-state index is 12.6. The lowest BCUT2D eigenvalue weighted by Crippen LogP contribution is -2.18. The fourth-order valence-electron chi connectivity index (χ4n) is 1.89. The summed E-state index contributed by atoms with van der Waals surface area (Å²) in [7, 11) is 1.74. The largest absolute Gasteiger partial charge is 0.406 e. The lowest BCUT2D eigenvalue weighted by atomic mass is 10.2. The summed E-state index contributed by atoms with van der Waals surface area (Å²) in [5.41, 5.74) is 0.933. The topological polar surface area (TPSA) is 17.0 Å². The summed E-state index contributed by atoms with van der Waals surface area (Å²) in [5, 5.41) is 3.60. The van der Waals surface area contributed by atoms with E-state index in [9.17, 15) is 13.2 Å². The first-order valence-corrected chi connectivity index (χ1v) is 5.80. The van der Waals surface area contributed by atoms with Gasteiger partial charge in [-0.15, -0.1) is 0 Å². The summed E-state index contributed by atoms with van der Waals surface area (Å²) in [6, 6.07) is 8.66. The predicted octanol–water partition coefficient (Wildman–Crippen LogP) is 2.77. The SMILES string of the molecule is CNCC#Cc1cc2ccccc2n1CC(F)(F)F. The van der Waals surface area contributed by atoms with Crippen molar-refractivity contribution in [3.63, 3.8) is 0 Å². The van der Waals surface area contributed by atoms with Gasteiger partial charge in [0.1, 0.15) is 6.54 Å². The minimum Gasteiger partial charge on any atom is -0.325 e. The molecule has 0 radical (unpaired) electrons. The van der Waals surface area contributed by atoms with Gasteiger partial charge in [-0.1, -0.05) is 24.1 Å². The van der Waals surface area contributed by atoms with Gasteiger partial charge in [0.25, 0.3) is 0 Å². The van der Waals surface area contributed by atoms with Crippen LogP contribution in [0, 0.1) is 11.8 Å². The van der Waals surface area contributed by atoms with Gasteiger partial charge in [0.05, 0.1) is 12.2 Å². The Kier molecular flexibility index (Phi) is 3.82. The molecular weight excluding hydrogens is 253 g/mol. The minimum atomic E-state index is -4.26. The van der Waals surface area contributed by atoms with Gasteiger partial charge in [0, 0.05) is 10.9 Å². The highest BCUT2D eigenvalue weighted by molar-refractivity contribution is 5.82. The van der Waals surface area contributed by atoms with Crippen LogP contribution in [-0.4, -0.2) is 24.3 Å². The highest BCUT2D eigenvalue weighted by Gasteiger charge is 2.29. The van der Waals surface area contributed by atoms with E-state index in [1.807, 2.05) is 0 Å². The monoisotopic (exact) mass is 266 g/mol. The molecule has 1 aromatic heterocycles. The minimum absolute atomic E-state index is 0.383. The molecular formula is C14H13F3N2. The maximum Gasteiger partial charge on any atom is 0.406 e. The number of para-hydroxylation sites is 1. The molecule has 0 unspecified atom stereocenters. The zero-order chi connectivity index (χ0) is 13.9. The summed E-state index contributed by atoms with van der Waals surface area (Å²) in [6.07, 6.45) is -4.26. The Balaban J connectivity index is 2.50. The highest BCUT2D eigenvalue weighted by atomic mass is 19.4. The van der Waals surface area contributed by atoms with Crippen molar-refractivity contribution >= 4 is 10.9 Å². The smallest absolute Gasteiger partial charge is 0.325 e. The molecule has 0 aliphatic heterocycles. The fourth-order valence-corrected chi connectivity index (χ4v) is 1.89. The first kappa shape index (κ1) is 13.5. The molecule has 2 nitrogen and oxygen atoms in total. The number of halogens is 3. The number of benzene rings is 1. The molecule has 0 aliphatic rings. The first-order chi connectivity index (χ1) is 9.01. The van der Waals surface area contributed by atoms with Gasteiger partial charge in [-0.2, -0.15) is 13.2 Å². The molecule has 1 aromatic carbocycles. The zero-order valence-electron chi connectivity index (χ0n) is 10.4. The van der Waals surface area contributed by atoms with E-state index in [0.717, 1.165) is 5.39 Å². The van der Waals surface area contributed by atoms with E-state index in [0.29, 0.717) is 17.8 Å². The summed E-state index contributed by atoms with van der Waals surface area (Å²) in [4.78, 5) is 0. The first-order valence-electron chi connectivity index (χ1n) is 5.80. The van der Waals surface area contributed by atoms with Gasteiger partial charge in [-0.25, -0.2) is 0 Å². The molecule has 0 atom stereocenters. The quantitative estimate of drug-likeness (QED) is 0.827. The maximum absolute atomic E-state index is 12.6. The van der Waals surface area contributed by atoms with Crippen molar-refractivity contribution in [2.45, 2.75) is 12.7 Å². The van der Waals surface area contributed by atoms with Gasteiger partial charge in [-0.3, -0.25) is 0 Å². The van der Waals surface area contributed by atoms with E-state index in [-0.39, 0.29) is 0 Å². The summed E-state index contributed by atoms with van der Waals surface area (Å²) in [6.45, 7) is -0.586. The molecule has 0 bridgehead atoms. The zero-order valence-corrected chi connectivity index (χ0v) is 10.4. The molecule has 2 rings (SSSR count). The van der Waals surface area contributed by atoms with Crippen LogP contribution in [0.1, 0.15) is 5.69 Å². The Morgan fingerprint density at radius 1 is 1.26 bits per heavy atom. The standard InChI is InChI=1S/C14H13F3N2/c1-18-8-4-6-12-9-11-5-2-3-7-13(11)19(12)10-14(15,16)17/h2-3,5,7,9,18H,8,10H2,1H3. The van der Waals surface area contributed by atoms with Crippen molar-refractivity contribution in [3.05, 3.63) is 36.0 Å². The summed E-state index contributed by atoms with van der Waals surface area (Å²) >= 11 is 0. The normalized spacial score (nSPS) is 11.4. The molecule has 0 saturated carbocycles. The Labute approximate surface area is 109 Å². The number of aromatic nitrogens is 1. The third-order valence-corrected chi connectivity index (χ3v) is 2.63. The molecule has 2 aromatic rings. The lowest BCUT2D eigenvalue weighted by Gasteiger charge is -2.10. The molecule has 100 valence electrons. The van der Waals surface area contributed by atoms with Crippen molar-refractivity contribution in [1.82, 2.24) is 9.88 Å². The fraction of sp³-hybridized carbons (Fsp3) is 0.286. The van der Waals surface area contributed by atoms with E-state index in [4.69, 9.17) is 0 Å². The van der Waals surface area contributed by atoms with Crippen LogP contribution in [0.15, 0.2) is 30.3 Å². The molecule has 0 fully saturated rings. The third-order valence-electron chi connectivity index (χ3n) is 2.63. The second kappa shape index (κ2) is 5.37. The van der Waals surface area contributed by atoms with Crippen LogP contribution in [0.5, 0.6) is 0 Å². The average Bonchev–Trinajstić information content (AvgIpc) is 2.66. The molecule has 5 heteroatoms. The Morgan fingerprint density at radius 2 is 2.00 bits per heavy atom. The van der Waals surface area contributed by atoms with E-state index >= 15 is 0 Å². The van der Waals surface area contributed by atoms with Crippen molar-refractivity contribution in [1.29, 1.82) is 0 Å². The number of hydrogen-bond donors (Lipinski definition) is 1. The second-order valence-electron chi connectivity index (χ2n) is 4.12. The van der Waals surface area contributed by atoms with Gasteiger partial charge >= 0.3 is 6.18 Å². The van der Waals surface area contributed by atoms with Gasteiger partial charge < -0.3 is 9.88 Å². The lowest BCUT2D eigenvalue weighted by molar-refractivity contribution is -0.140. The Morgan fingerprint density at radius 3 is 2.68 bits per heavy atom. The van der Waals surface area contributed by atoms with Crippen molar-refractivity contribution in [2.24, 2.45) is 0 Å². The summed E-state index contributed by atoms with van der Waals surface area (Å²) in [5.74, 6) is 5.57. The van der Waals surface area contributed by atoms with Crippen LogP contribution >= 0.6 is 0 Å². The van der Waals surface area contributed by atoms with Crippen LogP contribution in [-0.2, 0) is 6.54 Å². The molecule has 1 heterocycles. The molecule has 19 heavy (non-hydrogen) atoms. The van der Waals surface area contributed by atoms with Crippen LogP contribution in [0.3, 0.4) is 0 Å². The van der Waals surface area contributed by atoms with Gasteiger partial charge in [0.2, 0.25) is 0 Å². The number of nitrogens with one attached hydrogen (secondary N) is 1. The predicted molar refractivity (Wildman–Crippen MR) is 68.8 cm³/mol. The van der Waals surface area contributed by atoms with Crippen molar-refractivity contribution in [2.75, 3.05) is 13.6 Å². The molecule has 0 saturated heterocycles. The number of fused-ring (bicyclic) bond motifs is 1. The van der Waals surface area contributed by atoms with E-state index in [1.54, 1.807) is 37.4 Å². The molecule has 0 aliphatic carbocycles. The summed E-state index contributed by atoms with van der Waals surface area (Å²) < 4.78 is 39.1. The van der Waals surface area contributed by atoms with Gasteiger partial charge in [-0.05, 0) is 25.1 Å². The molecule has 1 N–H and O–H groups in total. The number of nitrogens with zero attached hydrogens (tertiary/aromatic N) is 1. The highest BCUT2D eigenvalue weighted by Crippen LogP contribution is 2.25. The Bertz CT molecular complexity index is 629. The molecule has 0 amide bonds. The van der Waals surface area contributed by atoms with Gasteiger partial charge in [0.15, 0.2) is 0 Å². The van der Waals surface area contributed by atoms with Crippen molar-refractivity contribution in [3.8, 4) is 11.8 Å². The number of alkyl halides is 3. The van der Waals surface area contributed by atoms with Crippen LogP contribution in [0.4, 0.5) is 13.2 Å². The van der Waals surface area contributed by atoms with Crippen LogP contribution in [0.2, 0.25) is 0 Å². The third kappa shape index (κ3) is 3.30. The number of rotatable bonds is 2. The number of hydrogen-bond acceptors (Lipinski definition) is 1.